The Morgan fingerprint density at radius 3 is 2.60 bits per heavy atom. The van der Waals surface area contributed by atoms with Crippen molar-refractivity contribution in [1.82, 2.24) is 9.88 Å². The van der Waals surface area contributed by atoms with Gasteiger partial charge >= 0.3 is 0 Å². The Hall–Kier alpha value is -1.42. The summed E-state index contributed by atoms with van der Waals surface area (Å²) in [4.78, 5) is 19.6. The number of hydrogen-bond acceptors (Lipinski definition) is 3. The van der Waals surface area contributed by atoms with Gasteiger partial charge in [-0.05, 0) is 75.6 Å². The molecule has 25 heavy (non-hydrogen) atoms. The largest absolute Gasteiger partial charge is 0.306 e. The molecule has 3 nitrogen and oxygen atoms in total. The molecule has 1 aromatic carbocycles. The fourth-order valence-corrected chi connectivity index (χ4v) is 3.79. The Bertz CT molecular complexity index is 755. The molecular formula is C20H22Cl2N2O. The highest BCUT2D eigenvalue weighted by atomic mass is 35.5. The van der Waals surface area contributed by atoms with Gasteiger partial charge < -0.3 is 4.90 Å². The van der Waals surface area contributed by atoms with Crippen LogP contribution in [0.5, 0.6) is 0 Å². The molecule has 0 radical (unpaired) electrons. The Kier molecular flexibility index (Phi) is 6.10. The number of Topliss-reactive ketones (excluding diaryl/α,β-unsaturated/α-hetero) is 1. The Balaban J connectivity index is 1.66. The second kappa shape index (κ2) is 8.31. The van der Waals surface area contributed by atoms with Crippen molar-refractivity contribution in [2.45, 2.75) is 25.7 Å². The van der Waals surface area contributed by atoms with Crippen LogP contribution in [0.15, 0.2) is 36.4 Å². The molecule has 132 valence electrons. The normalized spacial score (nSPS) is 16.1. The zero-order valence-corrected chi connectivity index (χ0v) is 15.9. The third kappa shape index (κ3) is 5.04. The molecule has 2 heterocycles. The van der Waals surface area contributed by atoms with Crippen LogP contribution in [0, 0.1) is 5.92 Å². The maximum atomic E-state index is 12.5. The van der Waals surface area contributed by atoms with Crippen LogP contribution in [0.25, 0.3) is 0 Å². The number of carbonyl (C=O) groups is 1. The van der Waals surface area contributed by atoms with Crippen molar-refractivity contribution >= 4 is 29.0 Å². The maximum absolute atomic E-state index is 12.5. The van der Waals surface area contributed by atoms with Gasteiger partial charge in [0.15, 0.2) is 5.78 Å². The van der Waals surface area contributed by atoms with Gasteiger partial charge in [0.1, 0.15) is 0 Å². The zero-order valence-electron chi connectivity index (χ0n) is 14.3. The lowest BCUT2D eigenvalue weighted by atomic mass is 9.92. The summed E-state index contributed by atoms with van der Waals surface area (Å²) in [6, 6.07) is 10.9. The van der Waals surface area contributed by atoms with Crippen LogP contribution >= 0.6 is 23.2 Å². The highest BCUT2D eigenvalue weighted by Crippen LogP contribution is 2.23. The molecule has 0 spiro atoms. The lowest BCUT2D eigenvalue weighted by molar-refractivity contribution is 0.0992. The third-order valence-corrected chi connectivity index (χ3v) is 5.32. The predicted octanol–water partition coefficient (Wildman–Crippen LogP) is 4.70. The van der Waals surface area contributed by atoms with Crippen molar-refractivity contribution in [3.63, 3.8) is 0 Å². The summed E-state index contributed by atoms with van der Waals surface area (Å²) in [5.74, 6) is 0.644. The average Bonchev–Trinajstić information content (AvgIpc) is 2.57. The number of benzene rings is 1. The second-order valence-corrected chi connectivity index (χ2v) is 7.64. The molecule has 2 aromatic rings. The number of hydrogen-bond donors (Lipinski definition) is 0. The molecule has 0 saturated carbocycles. The highest BCUT2D eigenvalue weighted by molar-refractivity contribution is 6.36. The topological polar surface area (TPSA) is 33.2 Å². The van der Waals surface area contributed by atoms with Gasteiger partial charge in [-0.1, -0.05) is 29.3 Å². The van der Waals surface area contributed by atoms with E-state index in [1.165, 1.54) is 12.8 Å². The van der Waals surface area contributed by atoms with Gasteiger partial charge in [-0.25, -0.2) is 0 Å². The molecular weight excluding hydrogens is 355 g/mol. The number of carbonyl (C=O) groups excluding carboxylic acids is 1. The molecule has 1 fully saturated rings. The van der Waals surface area contributed by atoms with Crippen LogP contribution < -0.4 is 0 Å². The van der Waals surface area contributed by atoms with Crippen molar-refractivity contribution in [2.24, 2.45) is 5.92 Å². The SMILES string of the molecule is CN1CCC(Cc2cccc(CC(=O)c3ccc(Cl)cc3Cl)n2)CC1. The zero-order chi connectivity index (χ0) is 17.8. The van der Waals surface area contributed by atoms with E-state index < -0.39 is 0 Å². The van der Waals surface area contributed by atoms with Crippen LogP contribution in [-0.4, -0.2) is 35.8 Å². The van der Waals surface area contributed by atoms with Gasteiger partial charge in [-0.2, -0.15) is 0 Å². The standard InChI is InChI=1S/C20H22Cl2N2O/c1-24-9-7-14(8-10-24)11-16-3-2-4-17(23-16)13-20(25)18-6-5-15(21)12-19(18)22/h2-6,12,14H,7-11,13H2,1H3. The van der Waals surface area contributed by atoms with Crippen LogP contribution in [-0.2, 0) is 12.8 Å². The molecule has 0 amide bonds. The lowest BCUT2D eigenvalue weighted by Gasteiger charge is -2.28. The van der Waals surface area contributed by atoms with Crippen molar-refractivity contribution in [3.05, 3.63) is 63.4 Å². The van der Waals surface area contributed by atoms with Crippen molar-refractivity contribution in [3.8, 4) is 0 Å². The number of ketones is 1. The molecule has 1 aliphatic heterocycles. The minimum Gasteiger partial charge on any atom is -0.306 e. The highest BCUT2D eigenvalue weighted by Gasteiger charge is 2.18. The molecule has 5 heteroatoms. The van der Waals surface area contributed by atoms with Crippen LogP contribution in [0.4, 0.5) is 0 Å². The summed E-state index contributed by atoms with van der Waals surface area (Å²) >= 11 is 12.0. The summed E-state index contributed by atoms with van der Waals surface area (Å²) in [7, 11) is 2.17. The van der Waals surface area contributed by atoms with Gasteiger partial charge in [0.25, 0.3) is 0 Å². The van der Waals surface area contributed by atoms with E-state index in [9.17, 15) is 4.79 Å². The fraction of sp³-hybridized carbons (Fsp3) is 0.400. The Morgan fingerprint density at radius 1 is 1.16 bits per heavy atom. The first-order chi connectivity index (χ1) is 12.0. The summed E-state index contributed by atoms with van der Waals surface area (Å²) in [6.07, 6.45) is 3.66. The number of likely N-dealkylation sites (tertiary alicyclic amines) is 1. The monoisotopic (exact) mass is 376 g/mol. The third-order valence-electron chi connectivity index (χ3n) is 4.77. The second-order valence-electron chi connectivity index (χ2n) is 6.80. The maximum Gasteiger partial charge on any atom is 0.170 e. The number of piperidine rings is 1. The van der Waals surface area contributed by atoms with E-state index in [1.54, 1.807) is 18.2 Å². The van der Waals surface area contributed by atoms with E-state index in [1.807, 2.05) is 12.1 Å². The van der Waals surface area contributed by atoms with Crippen LogP contribution in [0.2, 0.25) is 10.0 Å². The van der Waals surface area contributed by atoms with E-state index >= 15 is 0 Å². The molecule has 0 bridgehead atoms. The van der Waals surface area contributed by atoms with E-state index in [0.29, 0.717) is 21.5 Å². The molecule has 1 saturated heterocycles. The number of rotatable bonds is 5. The number of halogens is 2. The van der Waals surface area contributed by atoms with E-state index in [0.717, 1.165) is 30.9 Å². The lowest BCUT2D eigenvalue weighted by Crippen LogP contribution is -2.31. The van der Waals surface area contributed by atoms with Crippen molar-refractivity contribution in [1.29, 1.82) is 0 Å². The molecule has 1 aliphatic rings. The minimum absolute atomic E-state index is 0.0365. The van der Waals surface area contributed by atoms with Crippen molar-refractivity contribution in [2.75, 3.05) is 20.1 Å². The van der Waals surface area contributed by atoms with Gasteiger partial charge in [0.2, 0.25) is 0 Å². The van der Waals surface area contributed by atoms with Crippen LogP contribution in [0.1, 0.15) is 34.6 Å². The molecule has 0 atom stereocenters. The molecule has 0 N–H and O–H groups in total. The van der Waals surface area contributed by atoms with E-state index in [-0.39, 0.29) is 12.2 Å². The molecule has 0 unspecified atom stereocenters. The van der Waals surface area contributed by atoms with Gasteiger partial charge in [-0.15, -0.1) is 0 Å². The summed E-state index contributed by atoms with van der Waals surface area (Å²) in [5, 5.41) is 0.916. The van der Waals surface area contributed by atoms with Gasteiger partial charge in [-0.3, -0.25) is 9.78 Å². The number of nitrogens with zero attached hydrogens (tertiary/aromatic N) is 2. The first-order valence-electron chi connectivity index (χ1n) is 8.63. The predicted molar refractivity (Wildman–Crippen MR) is 103 cm³/mol. The number of aromatic nitrogens is 1. The smallest absolute Gasteiger partial charge is 0.170 e. The average molecular weight is 377 g/mol. The molecule has 3 rings (SSSR count). The summed E-state index contributed by atoms with van der Waals surface area (Å²) in [6.45, 7) is 2.30. The van der Waals surface area contributed by atoms with E-state index in [2.05, 4.69) is 18.0 Å². The van der Waals surface area contributed by atoms with Crippen molar-refractivity contribution < 1.29 is 4.79 Å². The Labute approximate surface area is 159 Å². The van der Waals surface area contributed by atoms with Gasteiger partial charge in [0.05, 0.1) is 11.4 Å². The minimum atomic E-state index is -0.0365. The van der Waals surface area contributed by atoms with Gasteiger partial charge in [0, 0.05) is 22.0 Å². The number of pyridine rings is 1. The first kappa shape index (κ1) is 18.4. The Morgan fingerprint density at radius 2 is 1.88 bits per heavy atom. The quantitative estimate of drug-likeness (QED) is 0.709. The van der Waals surface area contributed by atoms with Crippen LogP contribution in [0.3, 0.4) is 0 Å². The summed E-state index contributed by atoms with van der Waals surface area (Å²) < 4.78 is 0. The molecule has 1 aromatic heterocycles. The summed E-state index contributed by atoms with van der Waals surface area (Å²) in [5.41, 5.74) is 2.36. The fourth-order valence-electron chi connectivity index (χ4n) is 3.28. The molecule has 0 aliphatic carbocycles. The van der Waals surface area contributed by atoms with E-state index in [4.69, 9.17) is 28.2 Å². The first-order valence-corrected chi connectivity index (χ1v) is 9.38.